The molecule has 0 saturated carbocycles. The number of hydrogen-bond acceptors (Lipinski definition) is 2. The minimum absolute atomic E-state index is 0.0448. The highest BCUT2D eigenvalue weighted by Gasteiger charge is 2.46. The number of aryl methyl sites for hydroxylation is 1. The van der Waals surface area contributed by atoms with Gasteiger partial charge in [0, 0.05) is 9.97 Å². The maximum Gasteiger partial charge on any atom is 0.243 e. The van der Waals surface area contributed by atoms with Crippen LogP contribution in [-0.4, -0.2) is 22.7 Å². The van der Waals surface area contributed by atoms with Crippen LogP contribution in [0.5, 0.6) is 0 Å². The average Bonchev–Trinajstić information content (AvgIpc) is 2.93. The summed E-state index contributed by atoms with van der Waals surface area (Å²) < 4.78 is 28.8. The predicted octanol–water partition coefficient (Wildman–Crippen LogP) is 4.71. The average molecular weight is 455 g/mol. The van der Waals surface area contributed by atoms with Crippen molar-refractivity contribution in [1.29, 1.82) is 0 Å². The number of halogens is 1. The van der Waals surface area contributed by atoms with Gasteiger partial charge in [-0.05, 0) is 37.5 Å². The summed E-state index contributed by atoms with van der Waals surface area (Å²) in [5.74, 6) is 0. The molecule has 128 valence electrons. The van der Waals surface area contributed by atoms with Crippen LogP contribution < -0.4 is 0 Å². The second-order valence-corrected chi connectivity index (χ2v) is 9.76. The van der Waals surface area contributed by atoms with Gasteiger partial charge in [0.25, 0.3) is 0 Å². The number of nitrogens with zero attached hydrogens (tertiary/aromatic N) is 1. The highest BCUT2D eigenvalue weighted by atomic mass is 127. The van der Waals surface area contributed by atoms with Gasteiger partial charge in [-0.3, -0.25) is 0 Å². The van der Waals surface area contributed by atoms with E-state index in [-0.39, 0.29) is 16.0 Å². The zero-order valence-electron chi connectivity index (χ0n) is 13.9. The molecule has 24 heavy (non-hydrogen) atoms. The molecular weight excluding hydrogens is 433 g/mol. The van der Waals surface area contributed by atoms with Crippen molar-refractivity contribution < 1.29 is 8.42 Å². The third-order valence-corrected chi connectivity index (χ3v) is 7.82. The highest BCUT2D eigenvalue weighted by Crippen LogP contribution is 2.45. The van der Waals surface area contributed by atoms with E-state index in [0.29, 0.717) is 4.90 Å². The first kappa shape index (κ1) is 17.9. The number of sulfonamides is 1. The summed E-state index contributed by atoms with van der Waals surface area (Å²) in [4.78, 5) is 0.387. The zero-order chi connectivity index (χ0) is 17.3. The summed E-state index contributed by atoms with van der Waals surface area (Å²) in [6.07, 6.45) is 1.72. The van der Waals surface area contributed by atoms with Gasteiger partial charge in [0.2, 0.25) is 10.0 Å². The van der Waals surface area contributed by atoms with Crippen molar-refractivity contribution in [1.82, 2.24) is 4.31 Å². The monoisotopic (exact) mass is 455 g/mol. The van der Waals surface area contributed by atoms with E-state index in [1.165, 1.54) is 0 Å². The van der Waals surface area contributed by atoms with E-state index < -0.39 is 10.0 Å². The van der Waals surface area contributed by atoms with Crippen LogP contribution in [0.1, 0.15) is 36.9 Å². The van der Waals surface area contributed by atoms with Crippen molar-refractivity contribution in [3.8, 4) is 0 Å². The smallest absolute Gasteiger partial charge is 0.207 e. The van der Waals surface area contributed by atoms with Crippen LogP contribution in [0, 0.1) is 6.92 Å². The molecule has 1 aliphatic heterocycles. The van der Waals surface area contributed by atoms with Crippen molar-refractivity contribution in [3.63, 3.8) is 0 Å². The molecule has 1 heterocycles. The molecule has 0 N–H and O–H groups in total. The minimum atomic E-state index is -3.52. The molecule has 0 aliphatic carbocycles. The van der Waals surface area contributed by atoms with Crippen molar-refractivity contribution in [2.24, 2.45) is 0 Å². The molecule has 0 aromatic heterocycles. The Morgan fingerprint density at radius 2 is 1.71 bits per heavy atom. The third-order valence-electron chi connectivity index (χ3n) is 4.68. The molecule has 0 radical (unpaired) electrons. The van der Waals surface area contributed by atoms with Crippen LogP contribution >= 0.6 is 22.6 Å². The van der Waals surface area contributed by atoms with Gasteiger partial charge >= 0.3 is 0 Å². The standard InChI is InChI=1S/C19H22INO2S/c1-3-16-13-18(20)19(15-7-5-4-6-8-15)21(16)24(22,23)17-11-9-14(2)10-12-17/h4-12,16,18-19H,3,13H2,1-2H3/t16-,18-,19+/m0/s1. The molecule has 2 aromatic rings. The Morgan fingerprint density at radius 1 is 1.08 bits per heavy atom. The van der Waals surface area contributed by atoms with Crippen molar-refractivity contribution in [2.45, 2.75) is 47.6 Å². The Balaban J connectivity index is 2.08. The van der Waals surface area contributed by atoms with Crippen molar-refractivity contribution >= 4 is 32.6 Å². The summed E-state index contributed by atoms with van der Waals surface area (Å²) in [5.41, 5.74) is 2.14. The Morgan fingerprint density at radius 3 is 2.29 bits per heavy atom. The Bertz CT molecular complexity index is 790. The topological polar surface area (TPSA) is 37.4 Å². The third kappa shape index (κ3) is 3.26. The molecular formula is C19H22INO2S. The maximum absolute atomic E-state index is 13.4. The van der Waals surface area contributed by atoms with Gasteiger partial charge in [-0.1, -0.05) is 77.5 Å². The lowest BCUT2D eigenvalue weighted by Crippen LogP contribution is -2.37. The Kier molecular flexibility index (Phi) is 5.32. The molecule has 0 bridgehead atoms. The molecule has 2 aromatic carbocycles. The fourth-order valence-corrected chi connectivity index (χ4v) is 6.90. The molecule has 3 atom stereocenters. The van der Waals surface area contributed by atoms with E-state index in [1.54, 1.807) is 16.4 Å². The first-order chi connectivity index (χ1) is 11.4. The van der Waals surface area contributed by atoms with Crippen LogP contribution in [-0.2, 0) is 10.0 Å². The molecule has 3 nitrogen and oxygen atoms in total. The lowest BCUT2D eigenvalue weighted by atomic mass is 10.1. The maximum atomic E-state index is 13.4. The van der Waals surface area contributed by atoms with Gasteiger partial charge in [-0.15, -0.1) is 0 Å². The van der Waals surface area contributed by atoms with Crippen molar-refractivity contribution in [3.05, 3.63) is 65.7 Å². The summed E-state index contributed by atoms with van der Waals surface area (Å²) >= 11 is 2.41. The summed E-state index contributed by atoms with van der Waals surface area (Å²) in [6.45, 7) is 4.04. The van der Waals surface area contributed by atoms with Crippen LogP contribution in [0.3, 0.4) is 0 Å². The predicted molar refractivity (Wildman–Crippen MR) is 106 cm³/mol. The number of rotatable bonds is 4. The largest absolute Gasteiger partial charge is 0.243 e. The van der Waals surface area contributed by atoms with Crippen molar-refractivity contribution in [2.75, 3.05) is 0 Å². The number of alkyl halides is 1. The van der Waals surface area contributed by atoms with E-state index in [9.17, 15) is 8.42 Å². The lowest BCUT2D eigenvalue weighted by Gasteiger charge is -2.30. The Labute approximate surface area is 158 Å². The molecule has 1 saturated heterocycles. The van der Waals surface area contributed by atoms with Crippen LogP contribution in [0.15, 0.2) is 59.5 Å². The summed E-state index contributed by atoms with van der Waals surface area (Å²) in [7, 11) is -3.52. The van der Waals surface area contributed by atoms with Gasteiger partial charge in [0.15, 0.2) is 0 Å². The van der Waals surface area contributed by atoms with Gasteiger partial charge < -0.3 is 0 Å². The Hall–Kier alpha value is -0.920. The molecule has 5 heteroatoms. The van der Waals surface area contributed by atoms with E-state index in [4.69, 9.17) is 0 Å². The van der Waals surface area contributed by atoms with Crippen LogP contribution in [0.25, 0.3) is 0 Å². The van der Waals surface area contributed by atoms with Gasteiger partial charge in [0.05, 0.1) is 10.9 Å². The molecule has 3 rings (SSSR count). The second kappa shape index (κ2) is 7.14. The molecule has 0 amide bonds. The number of benzene rings is 2. The zero-order valence-corrected chi connectivity index (χ0v) is 16.9. The summed E-state index contributed by atoms with van der Waals surface area (Å²) in [5, 5.41) is 0. The molecule has 1 fully saturated rings. The van der Waals surface area contributed by atoms with E-state index in [0.717, 1.165) is 24.0 Å². The normalized spacial score (nSPS) is 25.0. The van der Waals surface area contributed by atoms with Gasteiger partial charge in [-0.25, -0.2) is 8.42 Å². The fourth-order valence-electron chi connectivity index (χ4n) is 3.41. The second-order valence-electron chi connectivity index (χ2n) is 6.32. The molecule has 0 spiro atoms. The molecule has 1 aliphatic rings. The lowest BCUT2D eigenvalue weighted by molar-refractivity contribution is 0.321. The SMILES string of the molecule is CC[C@H]1C[C@H](I)[C@@H](c2ccccc2)N1S(=O)(=O)c1ccc(C)cc1. The first-order valence-corrected chi connectivity index (χ1v) is 10.9. The number of hydrogen-bond donors (Lipinski definition) is 0. The van der Waals surface area contributed by atoms with E-state index >= 15 is 0 Å². The summed E-state index contributed by atoms with van der Waals surface area (Å²) in [6, 6.07) is 17.1. The van der Waals surface area contributed by atoms with Gasteiger partial charge in [0.1, 0.15) is 0 Å². The van der Waals surface area contributed by atoms with Crippen LogP contribution in [0.4, 0.5) is 0 Å². The quantitative estimate of drug-likeness (QED) is 0.495. The fraction of sp³-hybridized carbons (Fsp3) is 0.368. The van der Waals surface area contributed by atoms with E-state index in [1.807, 2.05) is 49.4 Å². The molecule has 0 unspecified atom stereocenters. The first-order valence-electron chi connectivity index (χ1n) is 8.24. The van der Waals surface area contributed by atoms with Gasteiger partial charge in [-0.2, -0.15) is 4.31 Å². The highest BCUT2D eigenvalue weighted by molar-refractivity contribution is 14.1. The van der Waals surface area contributed by atoms with E-state index in [2.05, 4.69) is 29.5 Å². The minimum Gasteiger partial charge on any atom is -0.207 e. The van der Waals surface area contributed by atoms with Crippen LogP contribution in [0.2, 0.25) is 0 Å².